The second kappa shape index (κ2) is 8.65. The number of piperazine rings is 1. The first-order valence-corrected chi connectivity index (χ1v) is 10.7. The number of amidine groups is 2. The molecule has 0 aliphatic carbocycles. The topological polar surface area (TPSA) is 62.5 Å². The summed E-state index contributed by atoms with van der Waals surface area (Å²) in [6.45, 7) is 5.46. The molecule has 1 aromatic carbocycles. The summed E-state index contributed by atoms with van der Waals surface area (Å²) in [5.74, 6) is 1.27. The molecule has 3 aliphatic rings. The Morgan fingerprint density at radius 2 is 1.70 bits per heavy atom. The number of hydrogen-bond acceptors (Lipinski definition) is 5. The van der Waals surface area contributed by atoms with Gasteiger partial charge in [-0.25, -0.2) is 9.37 Å². The highest BCUT2D eigenvalue weighted by Crippen LogP contribution is 2.20. The van der Waals surface area contributed by atoms with E-state index >= 15 is 0 Å². The molecule has 1 aromatic rings. The lowest BCUT2D eigenvalue weighted by Gasteiger charge is -2.31. The monoisotopic (exact) mass is 411 g/mol. The molecule has 3 heterocycles. The summed E-state index contributed by atoms with van der Waals surface area (Å²) in [6, 6.07) is 9.57. The third-order valence-corrected chi connectivity index (χ3v) is 6.28. The van der Waals surface area contributed by atoms with Crippen molar-refractivity contribution in [2.24, 2.45) is 4.99 Å². The standard InChI is InChI=1S/C22H31N6O2/c1-24-12-14-27(15-13-24)16-18-23-20-19(21(29)26(3)22(30)25(20)2)28(18)11-7-10-17-8-5-4-6-9-17/h4-6,8-9,19H,7,10-16H2,1-3H3/q+1. The minimum absolute atomic E-state index is 0.190. The molecule has 0 N–H and O–H groups in total. The molecule has 30 heavy (non-hydrogen) atoms. The number of aryl methyl sites for hydroxylation is 1. The van der Waals surface area contributed by atoms with Gasteiger partial charge in [-0.2, -0.15) is 0 Å². The zero-order chi connectivity index (χ0) is 21.3. The minimum atomic E-state index is -0.504. The Morgan fingerprint density at radius 1 is 1.00 bits per heavy atom. The molecule has 160 valence electrons. The number of fused-ring (bicyclic) bond motifs is 1. The predicted molar refractivity (Wildman–Crippen MR) is 116 cm³/mol. The van der Waals surface area contributed by atoms with E-state index in [2.05, 4.69) is 45.7 Å². The lowest BCUT2D eigenvalue weighted by atomic mass is 10.1. The molecule has 3 amide bonds. The van der Waals surface area contributed by atoms with Crippen LogP contribution in [0.1, 0.15) is 12.0 Å². The number of hydrogen-bond donors (Lipinski definition) is 0. The molecule has 4 rings (SSSR count). The van der Waals surface area contributed by atoms with Crippen molar-refractivity contribution in [1.82, 2.24) is 19.6 Å². The zero-order valence-electron chi connectivity index (χ0n) is 18.1. The Hall–Kier alpha value is -2.58. The maximum absolute atomic E-state index is 13.0. The molecule has 8 nitrogen and oxygen atoms in total. The molecular formula is C22H31N6O2+. The Kier molecular flexibility index (Phi) is 5.97. The van der Waals surface area contributed by atoms with Crippen LogP contribution in [0.5, 0.6) is 0 Å². The second-order valence-electron chi connectivity index (χ2n) is 8.39. The van der Waals surface area contributed by atoms with Gasteiger partial charge in [0.1, 0.15) is 6.54 Å². The summed E-state index contributed by atoms with van der Waals surface area (Å²) in [6.07, 6.45) is 1.87. The van der Waals surface area contributed by atoms with E-state index in [1.54, 1.807) is 14.1 Å². The van der Waals surface area contributed by atoms with Crippen molar-refractivity contribution in [3.63, 3.8) is 0 Å². The zero-order valence-corrected chi connectivity index (χ0v) is 18.1. The first kappa shape index (κ1) is 20.7. The van der Waals surface area contributed by atoms with Crippen molar-refractivity contribution in [3.05, 3.63) is 35.9 Å². The number of aliphatic imine (C=N–C) groups is 1. The number of benzene rings is 1. The van der Waals surface area contributed by atoms with Crippen LogP contribution in [0.2, 0.25) is 0 Å². The number of carbonyl (C=O) groups excluding carboxylic acids is 2. The molecule has 0 spiro atoms. The summed E-state index contributed by atoms with van der Waals surface area (Å²) < 4.78 is 2.12. The van der Waals surface area contributed by atoms with Crippen LogP contribution in [0.4, 0.5) is 4.79 Å². The Labute approximate surface area is 178 Å². The van der Waals surface area contributed by atoms with Gasteiger partial charge in [0.15, 0.2) is 0 Å². The van der Waals surface area contributed by atoms with Crippen LogP contribution in [0.25, 0.3) is 0 Å². The van der Waals surface area contributed by atoms with Crippen LogP contribution >= 0.6 is 0 Å². The van der Waals surface area contributed by atoms with E-state index in [0.29, 0.717) is 12.4 Å². The molecule has 0 aromatic heterocycles. The van der Waals surface area contributed by atoms with Crippen LogP contribution in [0, 0.1) is 0 Å². The first-order valence-electron chi connectivity index (χ1n) is 10.7. The average Bonchev–Trinajstić information content (AvgIpc) is 3.11. The largest absolute Gasteiger partial charge is 0.333 e. The van der Waals surface area contributed by atoms with Gasteiger partial charge in [-0.3, -0.25) is 19.5 Å². The lowest BCUT2D eigenvalue weighted by molar-refractivity contribution is -0.536. The molecule has 8 heteroatoms. The highest BCUT2D eigenvalue weighted by Gasteiger charge is 2.52. The van der Waals surface area contributed by atoms with E-state index in [-0.39, 0.29) is 11.9 Å². The highest BCUT2D eigenvalue weighted by atomic mass is 16.2. The van der Waals surface area contributed by atoms with Crippen molar-refractivity contribution < 1.29 is 14.2 Å². The number of urea groups is 1. The number of likely N-dealkylation sites (N-methyl/N-ethyl adjacent to an activating group) is 3. The maximum Gasteiger partial charge on any atom is 0.333 e. The van der Waals surface area contributed by atoms with E-state index in [9.17, 15) is 9.59 Å². The summed E-state index contributed by atoms with van der Waals surface area (Å²) in [5.41, 5.74) is 1.29. The van der Waals surface area contributed by atoms with Crippen molar-refractivity contribution in [1.29, 1.82) is 0 Å². The van der Waals surface area contributed by atoms with E-state index in [1.165, 1.54) is 15.4 Å². The van der Waals surface area contributed by atoms with Crippen LogP contribution in [-0.4, -0.2) is 114 Å². The van der Waals surface area contributed by atoms with E-state index in [4.69, 9.17) is 4.99 Å². The van der Waals surface area contributed by atoms with Crippen molar-refractivity contribution in [3.8, 4) is 0 Å². The number of nitrogens with zero attached hydrogens (tertiary/aromatic N) is 6. The Balaban J connectivity index is 1.55. The Bertz CT molecular complexity index is 873. The summed E-state index contributed by atoms with van der Waals surface area (Å²) in [4.78, 5) is 37.7. The van der Waals surface area contributed by atoms with Crippen molar-refractivity contribution >= 4 is 23.6 Å². The normalized spacial score (nSPS) is 23.3. The molecule has 0 radical (unpaired) electrons. The third kappa shape index (κ3) is 4.02. The molecule has 2 fully saturated rings. The van der Waals surface area contributed by atoms with Gasteiger partial charge in [0.05, 0.1) is 6.54 Å². The van der Waals surface area contributed by atoms with Crippen LogP contribution < -0.4 is 0 Å². The fourth-order valence-corrected chi connectivity index (χ4v) is 4.34. The van der Waals surface area contributed by atoms with Gasteiger partial charge in [-0.15, -0.1) is 0 Å². The van der Waals surface area contributed by atoms with Gasteiger partial charge >= 0.3 is 11.9 Å². The van der Waals surface area contributed by atoms with Gasteiger partial charge in [0, 0.05) is 40.3 Å². The van der Waals surface area contributed by atoms with Crippen molar-refractivity contribution in [2.45, 2.75) is 18.9 Å². The summed E-state index contributed by atoms with van der Waals surface area (Å²) in [5, 5.41) is 0. The molecule has 0 saturated carbocycles. The fraction of sp³-hybridized carbons (Fsp3) is 0.545. The van der Waals surface area contributed by atoms with Crippen LogP contribution in [0.15, 0.2) is 35.3 Å². The minimum Gasteiger partial charge on any atom is -0.304 e. The van der Waals surface area contributed by atoms with Crippen LogP contribution in [-0.2, 0) is 11.2 Å². The molecule has 1 unspecified atom stereocenters. The third-order valence-electron chi connectivity index (χ3n) is 6.28. The molecule has 0 bridgehead atoms. The van der Waals surface area contributed by atoms with Gasteiger partial charge in [-0.05, 0) is 30.4 Å². The Morgan fingerprint density at radius 3 is 2.40 bits per heavy atom. The summed E-state index contributed by atoms with van der Waals surface area (Å²) >= 11 is 0. The van der Waals surface area contributed by atoms with E-state index < -0.39 is 6.04 Å². The van der Waals surface area contributed by atoms with Crippen LogP contribution in [0.3, 0.4) is 0 Å². The van der Waals surface area contributed by atoms with Crippen molar-refractivity contribution in [2.75, 3.05) is 60.4 Å². The predicted octanol–water partition coefficient (Wildman–Crippen LogP) is 0.582. The molecule has 2 saturated heterocycles. The van der Waals surface area contributed by atoms with E-state index in [0.717, 1.165) is 51.4 Å². The van der Waals surface area contributed by atoms with E-state index in [1.807, 2.05) is 6.07 Å². The maximum atomic E-state index is 13.0. The quantitative estimate of drug-likeness (QED) is 0.643. The SMILES string of the molecule is CN1CCN(CC2=[N+](CCCc3ccccc3)C3C(=O)N(C)C(=O)N(C)C3=N2)CC1. The van der Waals surface area contributed by atoms with Gasteiger partial charge in [0.25, 0.3) is 17.8 Å². The van der Waals surface area contributed by atoms with Gasteiger partial charge < -0.3 is 4.90 Å². The molecule has 1 atom stereocenters. The van der Waals surface area contributed by atoms with Gasteiger partial charge in [-0.1, -0.05) is 30.3 Å². The second-order valence-corrected chi connectivity index (χ2v) is 8.39. The molecular weight excluding hydrogens is 380 g/mol. The first-order chi connectivity index (χ1) is 14.5. The number of rotatable bonds is 6. The van der Waals surface area contributed by atoms with Gasteiger partial charge in [0.2, 0.25) is 0 Å². The number of carbonyl (C=O) groups is 2. The smallest absolute Gasteiger partial charge is 0.304 e. The highest BCUT2D eigenvalue weighted by molar-refractivity contribution is 6.23. The number of amides is 3. The lowest BCUT2D eigenvalue weighted by Crippen LogP contribution is -2.61. The fourth-order valence-electron chi connectivity index (χ4n) is 4.34. The number of imide groups is 1. The summed E-state index contributed by atoms with van der Waals surface area (Å²) in [7, 11) is 5.40. The average molecular weight is 412 g/mol. The molecule has 3 aliphatic heterocycles.